The van der Waals surface area contributed by atoms with Crippen molar-refractivity contribution in [2.45, 2.75) is 31.6 Å². The number of imide groups is 1. The van der Waals surface area contributed by atoms with Crippen LogP contribution in [0.25, 0.3) is 11.1 Å². The van der Waals surface area contributed by atoms with Gasteiger partial charge in [0, 0.05) is 6.92 Å². The molecular weight excluding hydrogens is 610 g/mol. The second kappa shape index (κ2) is 11.1. The van der Waals surface area contributed by atoms with E-state index in [1.807, 2.05) is 123 Å². The highest BCUT2D eigenvalue weighted by Gasteiger charge is 2.82. The van der Waals surface area contributed by atoms with Crippen molar-refractivity contribution < 1.29 is 23.9 Å². The minimum absolute atomic E-state index is 0.162. The number of carbonyl (C=O) groups is 4. The monoisotopic (exact) mass is 643 g/mol. The molecule has 4 atom stereocenters. The second-order valence-corrected chi connectivity index (χ2v) is 13.2. The summed E-state index contributed by atoms with van der Waals surface area (Å²) in [7, 11) is 0. The number of amides is 2. The lowest BCUT2D eigenvalue weighted by atomic mass is 9.59. The smallest absolute Gasteiger partial charge is 0.308 e. The van der Waals surface area contributed by atoms with Gasteiger partial charge in [0.2, 0.25) is 11.8 Å². The maximum absolute atomic E-state index is 16.0. The number of nitrogens with zero attached hydrogens (tertiary/aromatic N) is 1. The zero-order chi connectivity index (χ0) is 34.1. The van der Waals surface area contributed by atoms with Crippen molar-refractivity contribution in [1.29, 1.82) is 0 Å². The normalized spacial score (nSPS) is 24.1. The summed E-state index contributed by atoms with van der Waals surface area (Å²) in [5, 5.41) is 0. The lowest BCUT2D eigenvalue weighted by molar-refractivity contribution is -0.132. The van der Waals surface area contributed by atoms with Crippen molar-refractivity contribution in [2.24, 2.45) is 11.8 Å². The molecule has 2 amide bonds. The van der Waals surface area contributed by atoms with Crippen LogP contribution in [0.5, 0.6) is 5.75 Å². The molecule has 3 aliphatic rings. The van der Waals surface area contributed by atoms with Gasteiger partial charge in [0.1, 0.15) is 5.75 Å². The van der Waals surface area contributed by atoms with E-state index in [0.717, 1.165) is 33.4 Å². The molecule has 1 saturated heterocycles. The standard InChI is InChI=1S/C43H33NO5/c1-26-14-18-29(19-15-26)35-36(30-20-16-27(2)17-21-30)43(32-12-8-5-9-13-32)38-37(42(35,41(43)48)31-10-6-4-7-11-31)39(46)44(40(38)47)33-22-24-34(25-23-33)49-28(3)45/h4-25,37-38H,1-3H3/t37-,38+,42-,43-/m0/s1. The third kappa shape index (κ3) is 4.13. The highest BCUT2D eigenvalue weighted by molar-refractivity contribution is 6.39. The number of rotatable bonds is 6. The minimum Gasteiger partial charge on any atom is -0.427 e. The van der Waals surface area contributed by atoms with E-state index in [0.29, 0.717) is 22.6 Å². The number of allylic oxidation sites excluding steroid dienone is 2. The molecule has 0 aromatic heterocycles. The van der Waals surface area contributed by atoms with Gasteiger partial charge in [-0.25, -0.2) is 4.90 Å². The van der Waals surface area contributed by atoms with E-state index in [1.165, 1.54) is 11.8 Å². The third-order valence-corrected chi connectivity index (χ3v) is 10.5. The number of ketones is 1. The molecule has 1 heterocycles. The summed E-state index contributed by atoms with van der Waals surface area (Å²) in [6.45, 7) is 5.35. The van der Waals surface area contributed by atoms with Gasteiger partial charge in [0.25, 0.3) is 0 Å². The van der Waals surface area contributed by atoms with Gasteiger partial charge in [0.15, 0.2) is 5.78 Å². The molecule has 240 valence electrons. The second-order valence-electron chi connectivity index (χ2n) is 13.2. The maximum atomic E-state index is 16.0. The number of carbonyl (C=O) groups excluding carboxylic acids is 4. The quantitative estimate of drug-likeness (QED) is 0.109. The summed E-state index contributed by atoms with van der Waals surface area (Å²) in [5.41, 5.74) is 4.07. The molecule has 1 aliphatic heterocycles. The largest absolute Gasteiger partial charge is 0.427 e. The SMILES string of the molecule is CC(=O)Oc1ccc(N2C(=O)[C@@H]3[C@H](C2=O)[C@@]2(c4ccccc4)C(=O)[C@@]3(c3ccccc3)C(c3ccc(C)cc3)=C2c2ccc(C)cc2)cc1. The van der Waals surface area contributed by atoms with E-state index in [9.17, 15) is 4.79 Å². The van der Waals surface area contributed by atoms with Crippen molar-refractivity contribution in [3.8, 4) is 5.75 Å². The van der Waals surface area contributed by atoms with E-state index >= 15 is 14.4 Å². The van der Waals surface area contributed by atoms with Crippen molar-refractivity contribution in [3.63, 3.8) is 0 Å². The Kier molecular flexibility index (Phi) is 6.90. The Bertz CT molecular complexity index is 2060. The van der Waals surface area contributed by atoms with E-state index < -0.39 is 40.4 Å². The number of ether oxygens (including phenoxy) is 1. The molecule has 0 N–H and O–H groups in total. The van der Waals surface area contributed by atoms with Crippen molar-refractivity contribution in [2.75, 3.05) is 4.90 Å². The Morgan fingerprint density at radius 1 is 0.571 bits per heavy atom. The molecule has 0 spiro atoms. The molecule has 6 nitrogen and oxygen atoms in total. The number of anilines is 1. The summed E-state index contributed by atoms with van der Waals surface area (Å²) in [6.07, 6.45) is 0. The number of hydrogen-bond acceptors (Lipinski definition) is 5. The Hall–Kier alpha value is -5.88. The van der Waals surface area contributed by atoms with Crippen molar-refractivity contribution >= 4 is 40.4 Å². The summed E-state index contributed by atoms with van der Waals surface area (Å²) in [5.74, 6) is -3.24. The molecule has 1 saturated carbocycles. The number of esters is 1. The Morgan fingerprint density at radius 2 is 0.980 bits per heavy atom. The fraction of sp³-hybridized carbons (Fsp3) is 0.163. The fourth-order valence-electron chi connectivity index (χ4n) is 8.65. The topological polar surface area (TPSA) is 80.8 Å². The predicted octanol–water partition coefficient (Wildman–Crippen LogP) is 7.42. The van der Waals surface area contributed by atoms with Crippen LogP contribution in [-0.2, 0) is 30.0 Å². The Balaban J connectivity index is 1.49. The number of aryl methyl sites for hydroxylation is 2. The molecule has 8 rings (SSSR count). The van der Waals surface area contributed by atoms with E-state index in [1.54, 1.807) is 24.3 Å². The van der Waals surface area contributed by atoms with Crippen LogP contribution >= 0.6 is 0 Å². The first-order valence-electron chi connectivity index (χ1n) is 16.4. The first-order valence-corrected chi connectivity index (χ1v) is 16.4. The summed E-state index contributed by atoms with van der Waals surface area (Å²) in [6, 6.07) is 41.5. The van der Waals surface area contributed by atoms with Crippen LogP contribution in [0.15, 0.2) is 133 Å². The van der Waals surface area contributed by atoms with Gasteiger partial charge in [0.05, 0.1) is 28.4 Å². The molecule has 2 fully saturated rings. The number of hydrogen-bond donors (Lipinski definition) is 0. The molecule has 2 bridgehead atoms. The maximum Gasteiger partial charge on any atom is 0.308 e. The first-order chi connectivity index (χ1) is 23.7. The summed E-state index contributed by atoms with van der Waals surface area (Å²) >= 11 is 0. The van der Waals surface area contributed by atoms with Crippen LogP contribution < -0.4 is 9.64 Å². The van der Waals surface area contributed by atoms with Crippen LogP contribution in [0.3, 0.4) is 0 Å². The molecule has 2 aliphatic carbocycles. The van der Waals surface area contributed by atoms with E-state index in [2.05, 4.69) is 0 Å². The van der Waals surface area contributed by atoms with Crippen LogP contribution in [0.2, 0.25) is 0 Å². The zero-order valence-corrected chi connectivity index (χ0v) is 27.3. The van der Waals surface area contributed by atoms with Gasteiger partial charge < -0.3 is 4.74 Å². The number of Topliss-reactive ketones (excluding diaryl/α,β-unsaturated/α-hetero) is 1. The minimum atomic E-state index is -1.48. The van der Waals surface area contributed by atoms with Crippen LogP contribution in [0, 0.1) is 25.7 Å². The average Bonchev–Trinajstić information content (AvgIpc) is 3.62. The van der Waals surface area contributed by atoms with Gasteiger partial charge in [-0.3, -0.25) is 19.2 Å². The fourth-order valence-corrected chi connectivity index (χ4v) is 8.65. The highest BCUT2D eigenvalue weighted by Crippen LogP contribution is 2.74. The average molecular weight is 644 g/mol. The van der Waals surface area contributed by atoms with Gasteiger partial charge in [-0.15, -0.1) is 0 Å². The Morgan fingerprint density at radius 3 is 1.37 bits per heavy atom. The summed E-state index contributed by atoms with van der Waals surface area (Å²) in [4.78, 5) is 59.1. The van der Waals surface area contributed by atoms with Crippen molar-refractivity contribution in [3.05, 3.63) is 167 Å². The van der Waals surface area contributed by atoms with Crippen LogP contribution in [-0.4, -0.2) is 23.6 Å². The first kappa shape index (κ1) is 30.5. The van der Waals surface area contributed by atoms with Crippen LogP contribution in [0.1, 0.15) is 40.3 Å². The molecule has 5 aromatic carbocycles. The molecular formula is C43H33NO5. The number of benzene rings is 5. The predicted molar refractivity (Wildman–Crippen MR) is 188 cm³/mol. The molecule has 0 radical (unpaired) electrons. The van der Waals surface area contributed by atoms with Gasteiger partial charge in [-0.2, -0.15) is 0 Å². The van der Waals surface area contributed by atoms with E-state index in [-0.39, 0.29) is 5.78 Å². The lowest BCUT2D eigenvalue weighted by Gasteiger charge is -2.39. The lowest BCUT2D eigenvalue weighted by Crippen LogP contribution is -2.45. The summed E-state index contributed by atoms with van der Waals surface area (Å²) < 4.78 is 5.23. The van der Waals surface area contributed by atoms with E-state index in [4.69, 9.17) is 4.74 Å². The molecule has 6 heteroatoms. The number of fused-ring (bicyclic) bond motifs is 5. The van der Waals surface area contributed by atoms with Gasteiger partial charge >= 0.3 is 5.97 Å². The Labute approximate surface area is 284 Å². The van der Waals surface area contributed by atoms with Crippen molar-refractivity contribution in [1.82, 2.24) is 0 Å². The molecule has 49 heavy (non-hydrogen) atoms. The highest BCUT2D eigenvalue weighted by atomic mass is 16.5. The van der Waals surface area contributed by atoms with Crippen LogP contribution in [0.4, 0.5) is 5.69 Å². The zero-order valence-electron chi connectivity index (χ0n) is 27.3. The van der Waals surface area contributed by atoms with Gasteiger partial charge in [-0.05, 0) is 71.5 Å². The molecule has 0 unspecified atom stereocenters. The third-order valence-electron chi connectivity index (χ3n) is 10.5. The van der Waals surface area contributed by atoms with Gasteiger partial charge in [-0.1, -0.05) is 120 Å². The molecule has 5 aromatic rings.